The van der Waals surface area contributed by atoms with Crippen LogP contribution in [0.5, 0.6) is 0 Å². The average Bonchev–Trinajstić information content (AvgIpc) is 2.71. The SMILES string of the molecule is CCCCCCCOC(=O)CCCCCCCCCC(=O)OCCCCCCC. The molecule has 0 aliphatic heterocycles. The van der Waals surface area contributed by atoms with E-state index in [0.717, 1.165) is 64.2 Å². The third-order valence-corrected chi connectivity index (χ3v) is 5.28. The quantitative estimate of drug-likeness (QED) is 0.136. The van der Waals surface area contributed by atoms with Crippen molar-refractivity contribution >= 4 is 11.9 Å². The third-order valence-electron chi connectivity index (χ3n) is 5.28. The van der Waals surface area contributed by atoms with Crippen molar-refractivity contribution in [3.63, 3.8) is 0 Å². The minimum atomic E-state index is -0.0376. The summed E-state index contributed by atoms with van der Waals surface area (Å²) >= 11 is 0. The van der Waals surface area contributed by atoms with E-state index in [1.807, 2.05) is 0 Å². The Balaban J connectivity index is 3.24. The van der Waals surface area contributed by atoms with Crippen LogP contribution in [-0.4, -0.2) is 25.2 Å². The molecule has 0 aromatic carbocycles. The first-order valence-electron chi connectivity index (χ1n) is 12.5. The Hall–Kier alpha value is -1.06. The van der Waals surface area contributed by atoms with Crippen molar-refractivity contribution in [3.8, 4) is 0 Å². The third kappa shape index (κ3) is 23.1. The van der Waals surface area contributed by atoms with Crippen LogP contribution in [0.2, 0.25) is 0 Å². The molecule has 29 heavy (non-hydrogen) atoms. The molecule has 0 fully saturated rings. The normalized spacial score (nSPS) is 10.8. The molecule has 0 amide bonds. The summed E-state index contributed by atoms with van der Waals surface area (Å²) in [5.74, 6) is -0.0752. The molecule has 0 aliphatic carbocycles. The number of esters is 2. The minimum Gasteiger partial charge on any atom is -0.466 e. The predicted octanol–water partition coefficient (Wildman–Crippen LogP) is 7.52. The second kappa shape index (κ2) is 23.2. The Morgan fingerprint density at radius 3 is 1.14 bits per heavy atom. The average molecular weight is 413 g/mol. The Labute approximate surface area is 180 Å². The first-order chi connectivity index (χ1) is 14.2. The van der Waals surface area contributed by atoms with E-state index in [1.54, 1.807) is 0 Å². The van der Waals surface area contributed by atoms with E-state index in [4.69, 9.17) is 9.47 Å². The van der Waals surface area contributed by atoms with Crippen LogP contribution in [0.1, 0.15) is 136 Å². The van der Waals surface area contributed by atoms with Gasteiger partial charge in [-0.25, -0.2) is 0 Å². The maximum absolute atomic E-state index is 11.6. The number of ether oxygens (including phenoxy) is 2. The standard InChI is InChI=1S/C25H48O4/c1-3-5-7-14-18-22-28-24(26)20-16-12-10-9-11-13-17-21-25(27)29-23-19-15-8-6-4-2/h3-23H2,1-2H3. The van der Waals surface area contributed by atoms with Crippen molar-refractivity contribution in [2.24, 2.45) is 0 Å². The molecule has 172 valence electrons. The number of carbonyl (C=O) groups excluding carboxylic acids is 2. The molecule has 0 spiro atoms. The molecule has 0 atom stereocenters. The number of rotatable bonds is 22. The smallest absolute Gasteiger partial charge is 0.305 e. The van der Waals surface area contributed by atoms with Crippen molar-refractivity contribution in [2.75, 3.05) is 13.2 Å². The Bertz CT molecular complexity index is 334. The van der Waals surface area contributed by atoms with Crippen LogP contribution < -0.4 is 0 Å². The lowest BCUT2D eigenvalue weighted by atomic mass is 10.1. The van der Waals surface area contributed by atoms with Crippen molar-refractivity contribution in [1.29, 1.82) is 0 Å². The first kappa shape index (κ1) is 27.9. The largest absolute Gasteiger partial charge is 0.466 e. The fraction of sp³-hybridized carbons (Fsp3) is 0.920. The molecule has 0 aromatic rings. The molecule has 0 rings (SSSR count). The van der Waals surface area contributed by atoms with Gasteiger partial charge >= 0.3 is 11.9 Å². The highest BCUT2D eigenvalue weighted by molar-refractivity contribution is 5.69. The van der Waals surface area contributed by atoms with Crippen LogP contribution in [0, 0.1) is 0 Å². The molecule has 0 saturated carbocycles. The Kier molecular flexibility index (Phi) is 22.4. The molecule has 0 radical (unpaired) electrons. The fourth-order valence-electron chi connectivity index (χ4n) is 3.35. The zero-order valence-electron chi connectivity index (χ0n) is 19.5. The van der Waals surface area contributed by atoms with Crippen molar-refractivity contribution in [1.82, 2.24) is 0 Å². The van der Waals surface area contributed by atoms with Gasteiger partial charge in [0.1, 0.15) is 0 Å². The number of hydrogen-bond donors (Lipinski definition) is 0. The summed E-state index contributed by atoms with van der Waals surface area (Å²) in [4.78, 5) is 23.3. The highest BCUT2D eigenvalue weighted by Crippen LogP contribution is 2.11. The number of hydrogen-bond acceptors (Lipinski definition) is 4. The van der Waals surface area contributed by atoms with Crippen LogP contribution in [0.4, 0.5) is 0 Å². The van der Waals surface area contributed by atoms with Gasteiger partial charge in [-0.3, -0.25) is 9.59 Å². The highest BCUT2D eigenvalue weighted by atomic mass is 16.5. The Morgan fingerprint density at radius 1 is 0.448 bits per heavy atom. The van der Waals surface area contributed by atoms with Gasteiger partial charge in [-0.15, -0.1) is 0 Å². The van der Waals surface area contributed by atoms with Gasteiger partial charge in [-0.1, -0.05) is 97.3 Å². The molecular formula is C25H48O4. The maximum Gasteiger partial charge on any atom is 0.305 e. The van der Waals surface area contributed by atoms with Crippen LogP contribution >= 0.6 is 0 Å². The number of unbranched alkanes of at least 4 members (excludes halogenated alkanes) is 14. The van der Waals surface area contributed by atoms with Crippen LogP contribution in [-0.2, 0) is 19.1 Å². The second-order valence-electron chi connectivity index (χ2n) is 8.24. The summed E-state index contributed by atoms with van der Waals surface area (Å²) in [7, 11) is 0. The Morgan fingerprint density at radius 2 is 0.759 bits per heavy atom. The lowest BCUT2D eigenvalue weighted by molar-refractivity contribution is -0.144. The zero-order chi connectivity index (χ0) is 21.4. The monoisotopic (exact) mass is 412 g/mol. The maximum atomic E-state index is 11.6. The fourth-order valence-corrected chi connectivity index (χ4v) is 3.35. The topological polar surface area (TPSA) is 52.6 Å². The molecule has 0 N–H and O–H groups in total. The molecular weight excluding hydrogens is 364 g/mol. The van der Waals surface area contributed by atoms with Crippen molar-refractivity contribution in [3.05, 3.63) is 0 Å². The summed E-state index contributed by atoms with van der Waals surface area (Å²) in [5, 5.41) is 0. The van der Waals surface area contributed by atoms with E-state index in [9.17, 15) is 9.59 Å². The molecule has 0 saturated heterocycles. The molecule has 4 heteroatoms. The molecule has 0 aromatic heterocycles. The molecule has 0 heterocycles. The zero-order valence-corrected chi connectivity index (χ0v) is 19.5. The summed E-state index contributed by atoms with van der Waals surface area (Å²) in [6.45, 7) is 5.58. The van der Waals surface area contributed by atoms with Crippen LogP contribution in [0.15, 0.2) is 0 Å². The lowest BCUT2D eigenvalue weighted by Gasteiger charge is -2.06. The molecule has 4 nitrogen and oxygen atoms in total. The van der Waals surface area contributed by atoms with Gasteiger partial charge in [0, 0.05) is 12.8 Å². The van der Waals surface area contributed by atoms with Gasteiger partial charge in [0.15, 0.2) is 0 Å². The minimum absolute atomic E-state index is 0.0376. The van der Waals surface area contributed by atoms with Crippen LogP contribution in [0.25, 0.3) is 0 Å². The van der Waals surface area contributed by atoms with Gasteiger partial charge in [0.05, 0.1) is 13.2 Å². The van der Waals surface area contributed by atoms with Gasteiger partial charge < -0.3 is 9.47 Å². The number of carbonyl (C=O) groups is 2. The molecule has 0 bridgehead atoms. The van der Waals surface area contributed by atoms with E-state index >= 15 is 0 Å². The predicted molar refractivity (Wildman–Crippen MR) is 121 cm³/mol. The molecule has 0 unspecified atom stereocenters. The lowest BCUT2D eigenvalue weighted by Crippen LogP contribution is -2.05. The van der Waals surface area contributed by atoms with E-state index in [0.29, 0.717) is 26.1 Å². The van der Waals surface area contributed by atoms with Gasteiger partial charge in [-0.2, -0.15) is 0 Å². The van der Waals surface area contributed by atoms with E-state index in [1.165, 1.54) is 44.9 Å². The summed E-state index contributed by atoms with van der Waals surface area (Å²) in [6.07, 6.45) is 20.5. The van der Waals surface area contributed by atoms with Gasteiger partial charge in [0.25, 0.3) is 0 Å². The highest BCUT2D eigenvalue weighted by Gasteiger charge is 2.04. The molecule has 0 aliphatic rings. The second-order valence-corrected chi connectivity index (χ2v) is 8.24. The summed E-state index contributed by atoms with van der Waals surface area (Å²) in [5.41, 5.74) is 0. The van der Waals surface area contributed by atoms with E-state index < -0.39 is 0 Å². The van der Waals surface area contributed by atoms with Crippen LogP contribution in [0.3, 0.4) is 0 Å². The summed E-state index contributed by atoms with van der Waals surface area (Å²) in [6, 6.07) is 0. The summed E-state index contributed by atoms with van der Waals surface area (Å²) < 4.78 is 10.5. The van der Waals surface area contributed by atoms with Gasteiger partial charge in [0.2, 0.25) is 0 Å². The van der Waals surface area contributed by atoms with E-state index in [-0.39, 0.29) is 11.9 Å². The first-order valence-corrected chi connectivity index (χ1v) is 12.5. The van der Waals surface area contributed by atoms with E-state index in [2.05, 4.69) is 13.8 Å². The van der Waals surface area contributed by atoms with Crippen molar-refractivity contribution in [2.45, 2.75) is 136 Å². The van der Waals surface area contributed by atoms with Gasteiger partial charge in [-0.05, 0) is 25.7 Å². The van der Waals surface area contributed by atoms with Crippen molar-refractivity contribution < 1.29 is 19.1 Å².